The van der Waals surface area contributed by atoms with Gasteiger partial charge in [0.2, 0.25) is 0 Å². The van der Waals surface area contributed by atoms with Crippen molar-refractivity contribution in [2.24, 2.45) is 0 Å². The van der Waals surface area contributed by atoms with Crippen LogP contribution in [0.25, 0.3) is 22.6 Å². The van der Waals surface area contributed by atoms with Crippen LogP contribution in [0.15, 0.2) is 47.1 Å². The summed E-state index contributed by atoms with van der Waals surface area (Å²) >= 11 is 27.9. The Bertz CT molecular complexity index is 1100. The molecule has 0 aliphatic heterocycles. The molecular formula is C17H8Cl5N3O3. The number of furan rings is 1. The summed E-state index contributed by atoms with van der Waals surface area (Å²) in [6.07, 6.45) is 1.64. The van der Waals surface area contributed by atoms with Crippen LogP contribution in [0, 0.1) is 10.1 Å². The highest BCUT2D eigenvalue weighted by molar-refractivity contribution is 6.56. The number of nitrogens with one attached hydrogen (secondary N) is 1. The van der Waals surface area contributed by atoms with Gasteiger partial charge >= 0.3 is 5.69 Å². The van der Waals surface area contributed by atoms with Gasteiger partial charge in [0.1, 0.15) is 10.0 Å². The Morgan fingerprint density at radius 3 is 2.04 bits per heavy atom. The van der Waals surface area contributed by atoms with Gasteiger partial charge < -0.3 is 9.40 Å². The van der Waals surface area contributed by atoms with Crippen LogP contribution in [0.4, 0.5) is 5.69 Å². The molecule has 0 fully saturated rings. The Morgan fingerprint density at radius 1 is 0.893 bits per heavy atom. The topological polar surface area (TPSA) is 85.0 Å². The minimum absolute atomic E-state index is 0.103. The predicted octanol–water partition coefficient (Wildman–Crippen LogP) is 7.68. The van der Waals surface area contributed by atoms with E-state index in [-0.39, 0.29) is 25.1 Å². The van der Waals surface area contributed by atoms with Crippen molar-refractivity contribution in [1.29, 1.82) is 0 Å². The van der Waals surface area contributed by atoms with Gasteiger partial charge in [-0.05, 0) is 24.3 Å². The second kappa shape index (κ2) is 8.59. The van der Waals surface area contributed by atoms with Gasteiger partial charge in [-0.1, -0.05) is 70.1 Å². The number of imidazole rings is 1. The van der Waals surface area contributed by atoms with Crippen LogP contribution in [0.2, 0.25) is 25.1 Å². The molecule has 0 spiro atoms. The normalized spacial score (nSPS) is 10.6. The average Bonchev–Trinajstić information content (AvgIpc) is 3.34. The molecule has 0 saturated heterocycles. The Hall–Kier alpha value is -1.96. The first-order chi connectivity index (χ1) is 13.3. The lowest BCUT2D eigenvalue weighted by Crippen LogP contribution is -1.92. The Labute approximate surface area is 183 Å². The lowest BCUT2D eigenvalue weighted by molar-refractivity contribution is -0.384. The number of nitrogens with zero attached hydrogens (tertiary/aromatic N) is 2. The minimum atomic E-state index is -0.779. The number of aromatic amines is 1. The number of benzene rings is 2. The monoisotopic (exact) mass is 477 g/mol. The smallest absolute Gasteiger partial charge is 0.309 e. The number of rotatable bonds is 2. The highest BCUT2D eigenvalue weighted by Gasteiger charge is 2.27. The molecular weight excluding hydrogens is 471 g/mol. The van der Waals surface area contributed by atoms with Gasteiger partial charge in [0.25, 0.3) is 0 Å². The molecule has 11 heteroatoms. The third-order valence-electron chi connectivity index (χ3n) is 3.51. The van der Waals surface area contributed by atoms with E-state index in [1.807, 2.05) is 36.4 Å². The van der Waals surface area contributed by atoms with Gasteiger partial charge in [-0.3, -0.25) is 10.1 Å². The molecule has 0 unspecified atom stereocenters. The van der Waals surface area contributed by atoms with Crippen LogP contribution in [-0.4, -0.2) is 14.9 Å². The molecule has 0 amide bonds. The van der Waals surface area contributed by atoms with Crippen LogP contribution in [0.1, 0.15) is 0 Å². The molecule has 2 aromatic heterocycles. The number of nitro groups is 1. The lowest BCUT2D eigenvalue weighted by Gasteiger charge is -2.05. The largest absolute Gasteiger partial charge is 0.461 e. The maximum atomic E-state index is 10.5. The summed E-state index contributed by atoms with van der Waals surface area (Å²) in [6.45, 7) is 0. The maximum absolute atomic E-state index is 10.5. The molecule has 144 valence electrons. The molecule has 2 aromatic carbocycles. The molecule has 6 nitrogen and oxygen atoms in total. The lowest BCUT2D eigenvalue weighted by atomic mass is 10.3. The maximum Gasteiger partial charge on any atom is 0.309 e. The summed E-state index contributed by atoms with van der Waals surface area (Å²) in [5.41, 5.74) is 1.44. The molecule has 4 aromatic rings. The zero-order valence-electron chi connectivity index (χ0n) is 13.6. The number of para-hydroxylation sites is 2. The molecule has 4 rings (SSSR count). The molecule has 2 heterocycles. The molecule has 0 atom stereocenters. The quantitative estimate of drug-likeness (QED) is 0.138. The van der Waals surface area contributed by atoms with Crippen LogP contribution in [0.3, 0.4) is 0 Å². The Morgan fingerprint density at radius 2 is 1.50 bits per heavy atom. The van der Waals surface area contributed by atoms with Crippen molar-refractivity contribution >= 4 is 74.7 Å². The highest BCUT2D eigenvalue weighted by atomic mass is 35.5. The minimum Gasteiger partial charge on any atom is -0.461 e. The average molecular weight is 480 g/mol. The van der Waals surface area contributed by atoms with E-state index in [1.165, 1.54) is 0 Å². The van der Waals surface area contributed by atoms with E-state index in [4.69, 9.17) is 62.4 Å². The molecule has 1 N–H and O–H groups in total. The number of H-pyrrole nitrogens is 1. The van der Waals surface area contributed by atoms with Crippen LogP contribution < -0.4 is 0 Å². The van der Waals surface area contributed by atoms with E-state index in [2.05, 4.69) is 9.97 Å². The number of hydrogen-bond donors (Lipinski definition) is 1. The molecule has 0 aliphatic rings. The van der Waals surface area contributed by atoms with Gasteiger partial charge in [0.05, 0.1) is 37.3 Å². The van der Waals surface area contributed by atoms with E-state index in [1.54, 1.807) is 6.26 Å². The van der Waals surface area contributed by atoms with E-state index in [0.29, 0.717) is 0 Å². The number of nitro benzene ring substituents is 1. The van der Waals surface area contributed by atoms with Crippen molar-refractivity contribution in [3.63, 3.8) is 0 Å². The zero-order valence-corrected chi connectivity index (χ0v) is 17.3. The predicted molar refractivity (Wildman–Crippen MR) is 112 cm³/mol. The first kappa shape index (κ1) is 20.8. The molecule has 0 aliphatic carbocycles. The van der Waals surface area contributed by atoms with Gasteiger partial charge in [-0.15, -0.1) is 0 Å². The van der Waals surface area contributed by atoms with Gasteiger partial charge in [0, 0.05) is 0 Å². The SMILES string of the molecule is O=[N+]([O-])c1c(Cl)c(Cl)c(Cl)c(Cl)c1Cl.c1coc(-c2nc3ccccc3[nH]2)c1. The second-order valence-electron chi connectivity index (χ2n) is 5.26. The number of hydrogen-bond acceptors (Lipinski definition) is 4. The van der Waals surface area contributed by atoms with E-state index in [0.717, 1.165) is 22.6 Å². The standard InChI is InChI=1S/C11H8N2O.C6Cl5NO2/c1-2-5-9-8(4-1)12-11(13-9)10-6-3-7-14-10;7-1-2(8)4(10)6(12(13)14)5(11)3(1)9/h1-7H,(H,12,13);. The number of aromatic nitrogens is 2. The summed E-state index contributed by atoms with van der Waals surface area (Å²) in [5.74, 6) is 1.54. The summed E-state index contributed by atoms with van der Waals surface area (Å²) in [7, 11) is 0. The molecule has 28 heavy (non-hydrogen) atoms. The summed E-state index contributed by atoms with van der Waals surface area (Å²) in [6, 6.07) is 11.6. The van der Waals surface area contributed by atoms with Crippen LogP contribution >= 0.6 is 58.0 Å². The third-order valence-corrected chi connectivity index (χ3v) is 5.77. The number of fused-ring (bicyclic) bond motifs is 1. The fraction of sp³-hybridized carbons (Fsp3) is 0. The summed E-state index contributed by atoms with van der Waals surface area (Å²) < 4.78 is 5.26. The van der Waals surface area contributed by atoms with Crippen LogP contribution in [-0.2, 0) is 0 Å². The van der Waals surface area contributed by atoms with Crippen LogP contribution in [0.5, 0.6) is 0 Å². The van der Waals surface area contributed by atoms with Gasteiger partial charge in [0.15, 0.2) is 11.6 Å². The first-order valence-corrected chi connectivity index (χ1v) is 9.34. The molecule has 0 saturated carbocycles. The Kier molecular flexibility index (Phi) is 6.37. The molecule has 0 bridgehead atoms. The van der Waals surface area contributed by atoms with Crippen molar-refractivity contribution < 1.29 is 9.34 Å². The first-order valence-electron chi connectivity index (χ1n) is 7.45. The van der Waals surface area contributed by atoms with Gasteiger partial charge in [-0.2, -0.15) is 0 Å². The number of halogens is 5. The second-order valence-corrected chi connectivity index (χ2v) is 7.15. The van der Waals surface area contributed by atoms with Crippen molar-refractivity contribution in [3.05, 3.63) is 77.9 Å². The summed E-state index contributed by atoms with van der Waals surface area (Å²) in [4.78, 5) is 17.4. The van der Waals surface area contributed by atoms with Crippen molar-refractivity contribution in [2.45, 2.75) is 0 Å². The van der Waals surface area contributed by atoms with Crippen molar-refractivity contribution in [1.82, 2.24) is 9.97 Å². The highest BCUT2D eigenvalue weighted by Crippen LogP contribution is 2.47. The fourth-order valence-corrected chi connectivity index (χ4v) is 3.50. The van der Waals surface area contributed by atoms with Crippen molar-refractivity contribution in [3.8, 4) is 11.6 Å². The van der Waals surface area contributed by atoms with E-state index >= 15 is 0 Å². The van der Waals surface area contributed by atoms with E-state index in [9.17, 15) is 10.1 Å². The van der Waals surface area contributed by atoms with Crippen molar-refractivity contribution in [2.75, 3.05) is 0 Å². The Balaban J connectivity index is 0.000000161. The zero-order chi connectivity index (χ0) is 20.4. The third kappa shape index (κ3) is 4.06. The van der Waals surface area contributed by atoms with Gasteiger partial charge in [-0.25, -0.2) is 4.98 Å². The summed E-state index contributed by atoms with van der Waals surface area (Å²) in [5, 5.41) is 9.41. The fourth-order valence-electron chi connectivity index (χ4n) is 2.24. The van der Waals surface area contributed by atoms with E-state index < -0.39 is 10.6 Å². The molecule has 0 radical (unpaired) electrons.